The SMILES string of the molecule is Cc1cc(C(N)=S)nc(N(C)C)n1. The van der Waals surface area contributed by atoms with Crippen molar-refractivity contribution in [3.63, 3.8) is 0 Å². The standard InChI is InChI=1S/C8H12N4S/c1-5-4-6(7(9)13)11-8(10-5)12(2)3/h4H,1-3H3,(H2,9,13). The minimum atomic E-state index is 0.300. The fourth-order valence-electron chi connectivity index (χ4n) is 0.879. The summed E-state index contributed by atoms with van der Waals surface area (Å²) in [5.74, 6) is 0.628. The Hall–Kier alpha value is -1.23. The highest BCUT2D eigenvalue weighted by Crippen LogP contribution is 2.06. The molecule has 1 rings (SSSR count). The van der Waals surface area contributed by atoms with Crippen molar-refractivity contribution in [1.29, 1.82) is 0 Å². The summed E-state index contributed by atoms with van der Waals surface area (Å²) in [6.07, 6.45) is 0. The number of hydrogen-bond donors (Lipinski definition) is 1. The Morgan fingerprint density at radius 3 is 2.54 bits per heavy atom. The van der Waals surface area contributed by atoms with E-state index >= 15 is 0 Å². The van der Waals surface area contributed by atoms with Gasteiger partial charge in [0.05, 0.1) is 0 Å². The molecule has 4 nitrogen and oxygen atoms in total. The van der Waals surface area contributed by atoms with E-state index in [0.717, 1.165) is 5.69 Å². The molecule has 13 heavy (non-hydrogen) atoms. The first kappa shape index (κ1) is 9.85. The number of nitrogens with two attached hydrogens (primary N) is 1. The first-order valence-electron chi connectivity index (χ1n) is 3.83. The van der Waals surface area contributed by atoms with Crippen molar-refractivity contribution < 1.29 is 0 Å². The molecule has 0 spiro atoms. The predicted molar refractivity (Wildman–Crippen MR) is 57.0 cm³/mol. The average Bonchev–Trinajstić information content (AvgIpc) is 2.03. The predicted octanol–water partition coefficient (Wildman–Crippen LogP) is 0.485. The summed E-state index contributed by atoms with van der Waals surface area (Å²) >= 11 is 4.84. The highest BCUT2D eigenvalue weighted by Gasteiger charge is 2.05. The van der Waals surface area contributed by atoms with Gasteiger partial charge in [-0.15, -0.1) is 0 Å². The van der Waals surface area contributed by atoms with Gasteiger partial charge in [-0.05, 0) is 13.0 Å². The van der Waals surface area contributed by atoms with Gasteiger partial charge in [0.1, 0.15) is 10.7 Å². The summed E-state index contributed by atoms with van der Waals surface area (Å²) in [6, 6.07) is 1.77. The largest absolute Gasteiger partial charge is 0.388 e. The van der Waals surface area contributed by atoms with Crippen molar-refractivity contribution in [2.75, 3.05) is 19.0 Å². The lowest BCUT2D eigenvalue weighted by molar-refractivity contribution is 0.972. The Balaban J connectivity index is 3.19. The lowest BCUT2D eigenvalue weighted by atomic mass is 10.3. The van der Waals surface area contributed by atoms with E-state index in [2.05, 4.69) is 9.97 Å². The second-order valence-electron chi connectivity index (χ2n) is 2.95. The zero-order valence-electron chi connectivity index (χ0n) is 7.90. The Bertz CT molecular complexity index is 335. The van der Waals surface area contributed by atoms with E-state index in [0.29, 0.717) is 16.6 Å². The van der Waals surface area contributed by atoms with Gasteiger partial charge >= 0.3 is 0 Å². The summed E-state index contributed by atoms with van der Waals surface area (Å²) in [5, 5.41) is 0. The topological polar surface area (TPSA) is 55.0 Å². The summed E-state index contributed by atoms with van der Waals surface area (Å²) in [7, 11) is 3.75. The molecule has 1 aromatic rings. The summed E-state index contributed by atoms with van der Waals surface area (Å²) < 4.78 is 0. The fraction of sp³-hybridized carbons (Fsp3) is 0.375. The minimum Gasteiger partial charge on any atom is -0.388 e. The third kappa shape index (κ3) is 2.35. The first-order valence-corrected chi connectivity index (χ1v) is 4.24. The third-order valence-electron chi connectivity index (χ3n) is 1.49. The molecule has 0 aliphatic rings. The van der Waals surface area contributed by atoms with Gasteiger partial charge in [-0.25, -0.2) is 9.97 Å². The van der Waals surface area contributed by atoms with Crippen molar-refractivity contribution >= 4 is 23.2 Å². The molecule has 1 heterocycles. The van der Waals surface area contributed by atoms with Crippen LogP contribution in [0.15, 0.2) is 6.07 Å². The van der Waals surface area contributed by atoms with Crippen molar-refractivity contribution in [2.45, 2.75) is 6.92 Å². The van der Waals surface area contributed by atoms with E-state index in [4.69, 9.17) is 18.0 Å². The van der Waals surface area contributed by atoms with Crippen LogP contribution in [0.25, 0.3) is 0 Å². The van der Waals surface area contributed by atoms with Crippen molar-refractivity contribution in [3.8, 4) is 0 Å². The molecule has 0 saturated carbocycles. The van der Waals surface area contributed by atoms with Crippen LogP contribution in [0.3, 0.4) is 0 Å². The zero-order chi connectivity index (χ0) is 10.0. The summed E-state index contributed by atoms with van der Waals surface area (Å²) in [4.78, 5) is 10.5. The maximum Gasteiger partial charge on any atom is 0.225 e. The third-order valence-corrected chi connectivity index (χ3v) is 1.70. The lowest BCUT2D eigenvalue weighted by Crippen LogP contribution is -2.18. The van der Waals surface area contributed by atoms with E-state index < -0.39 is 0 Å². The molecular weight excluding hydrogens is 184 g/mol. The van der Waals surface area contributed by atoms with Gasteiger partial charge < -0.3 is 10.6 Å². The first-order chi connectivity index (χ1) is 6.00. The van der Waals surface area contributed by atoms with E-state index in [-0.39, 0.29) is 0 Å². The van der Waals surface area contributed by atoms with Gasteiger partial charge in [0.2, 0.25) is 5.95 Å². The number of nitrogens with zero attached hydrogens (tertiary/aromatic N) is 3. The number of aryl methyl sites for hydroxylation is 1. The minimum absolute atomic E-state index is 0.300. The van der Waals surface area contributed by atoms with Crippen molar-refractivity contribution in [3.05, 3.63) is 17.5 Å². The second-order valence-corrected chi connectivity index (χ2v) is 3.39. The van der Waals surface area contributed by atoms with Crippen molar-refractivity contribution in [2.24, 2.45) is 5.73 Å². The molecule has 0 bridgehead atoms. The number of aromatic nitrogens is 2. The number of hydrogen-bond acceptors (Lipinski definition) is 4. The molecule has 0 aromatic carbocycles. The molecule has 0 aliphatic carbocycles. The van der Waals surface area contributed by atoms with Gasteiger partial charge in [-0.1, -0.05) is 12.2 Å². The van der Waals surface area contributed by atoms with Gasteiger partial charge in [0.25, 0.3) is 0 Å². The van der Waals surface area contributed by atoms with E-state index in [1.165, 1.54) is 0 Å². The Morgan fingerprint density at radius 1 is 1.46 bits per heavy atom. The lowest BCUT2D eigenvalue weighted by Gasteiger charge is -2.11. The number of thiocarbonyl (C=S) groups is 1. The molecule has 1 aromatic heterocycles. The van der Waals surface area contributed by atoms with Crippen LogP contribution in [0.2, 0.25) is 0 Å². The van der Waals surface area contributed by atoms with Gasteiger partial charge in [0.15, 0.2) is 0 Å². The van der Waals surface area contributed by atoms with E-state index in [1.54, 1.807) is 6.07 Å². The van der Waals surface area contributed by atoms with E-state index in [9.17, 15) is 0 Å². The molecule has 0 aliphatic heterocycles. The summed E-state index contributed by atoms with van der Waals surface area (Å²) in [6.45, 7) is 1.89. The van der Waals surface area contributed by atoms with Crippen LogP contribution in [0.4, 0.5) is 5.95 Å². The highest BCUT2D eigenvalue weighted by atomic mass is 32.1. The van der Waals surface area contributed by atoms with Crippen LogP contribution in [-0.2, 0) is 0 Å². The van der Waals surface area contributed by atoms with Crippen LogP contribution in [0.1, 0.15) is 11.4 Å². The molecule has 5 heteroatoms. The van der Waals surface area contributed by atoms with Crippen molar-refractivity contribution in [1.82, 2.24) is 9.97 Å². The smallest absolute Gasteiger partial charge is 0.225 e. The zero-order valence-corrected chi connectivity index (χ0v) is 8.72. The van der Waals surface area contributed by atoms with E-state index in [1.807, 2.05) is 25.9 Å². The maximum atomic E-state index is 5.47. The molecule has 0 saturated heterocycles. The average molecular weight is 196 g/mol. The Labute approximate surface area is 82.8 Å². The molecule has 0 amide bonds. The molecular formula is C8H12N4S. The highest BCUT2D eigenvalue weighted by molar-refractivity contribution is 7.80. The molecule has 2 N–H and O–H groups in total. The molecule has 0 radical (unpaired) electrons. The molecule has 0 fully saturated rings. The molecule has 70 valence electrons. The Kier molecular flexibility index (Phi) is 2.77. The van der Waals surface area contributed by atoms with Gasteiger partial charge in [0, 0.05) is 19.8 Å². The Morgan fingerprint density at radius 2 is 2.08 bits per heavy atom. The molecule has 0 atom stereocenters. The monoisotopic (exact) mass is 196 g/mol. The van der Waals surface area contributed by atoms with Crippen LogP contribution >= 0.6 is 12.2 Å². The number of anilines is 1. The van der Waals surface area contributed by atoms with Gasteiger partial charge in [-0.2, -0.15) is 0 Å². The fourth-order valence-corrected chi connectivity index (χ4v) is 0.984. The maximum absolute atomic E-state index is 5.47. The molecule has 0 unspecified atom stereocenters. The van der Waals surface area contributed by atoms with Gasteiger partial charge in [-0.3, -0.25) is 0 Å². The van der Waals surface area contributed by atoms with Crippen LogP contribution in [0.5, 0.6) is 0 Å². The summed E-state index contributed by atoms with van der Waals surface area (Å²) in [5.41, 5.74) is 6.95. The normalized spacial score (nSPS) is 9.77. The second kappa shape index (κ2) is 3.66. The van der Waals surface area contributed by atoms with Crippen LogP contribution < -0.4 is 10.6 Å². The van der Waals surface area contributed by atoms with Crippen LogP contribution in [0, 0.1) is 6.92 Å². The number of rotatable bonds is 2. The quantitative estimate of drug-likeness (QED) is 0.697. The van der Waals surface area contributed by atoms with Crippen LogP contribution in [-0.4, -0.2) is 29.1 Å².